The molecule has 4 heterocycles. The zero-order chi connectivity index (χ0) is 10.5. The first-order valence-electron chi connectivity index (χ1n) is 4.85. The molecule has 0 saturated carbocycles. The molecule has 0 aliphatic carbocycles. The average Bonchev–Trinajstić information content (AvgIpc) is 2.98. The summed E-state index contributed by atoms with van der Waals surface area (Å²) >= 11 is 0. The van der Waals surface area contributed by atoms with Crippen molar-refractivity contribution in [1.82, 2.24) is 29.2 Å². The van der Waals surface area contributed by atoms with Crippen molar-refractivity contribution in [2.24, 2.45) is 0 Å². The lowest BCUT2D eigenvalue weighted by atomic mass is 10.3. The maximum atomic E-state index is 4.33. The monoisotopic (exact) mass is 210 g/mol. The summed E-state index contributed by atoms with van der Waals surface area (Å²) in [4.78, 5) is 8.58. The predicted octanol–water partition coefficient (Wildman–Crippen LogP) is 0.925. The summed E-state index contributed by atoms with van der Waals surface area (Å²) in [5.74, 6) is 0. The van der Waals surface area contributed by atoms with Gasteiger partial charge in [-0.05, 0) is 12.1 Å². The minimum absolute atomic E-state index is 0.794. The fourth-order valence-corrected chi connectivity index (χ4v) is 1.95. The molecule has 4 aromatic heterocycles. The summed E-state index contributed by atoms with van der Waals surface area (Å²) < 4.78 is 3.52. The highest BCUT2D eigenvalue weighted by Crippen LogP contribution is 2.18. The first-order valence-corrected chi connectivity index (χ1v) is 4.85. The molecule has 16 heavy (non-hydrogen) atoms. The van der Waals surface area contributed by atoms with Crippen LogP contribution in [0.5, 0.6) is 0 Å². The van der Waals surface area contributed by atoms with Crippen LogP contribution in [0.15, 0.2) is 36.9 Å². The summed E-state index contributed by atoms with van der Waals surface area (Å²) in [7, 11) is 0. The van der Waals surface area contributed by atoms with E-state index in [0.29, 0.717) is 0 Å². The fraction of sp³-hybridized carbons (Fsp3) is 0. The van der Waals surface area contributed by atoms with Gasteiger partial charge in [0.25, 0.3) is 0 Å². The second-order valence-corrected chi connectivity index (χ2v) is 3.47. The van der Waals surface area contributed by atoms with E-state index in [1.807, 2.05) is 18.2 Å². The van der Waals surface area contributed by atoms with E-state index < -0.39 is 0 Å². The third-order valence-electron chi connectivity index (χ3n) is 2.62. The number of aromatic nitrogens is 6. The molecule has 0 radical (unpaired) electrons. The lowest BCUT2D eigenvalue weighted by Crippen LogP contribution is -2.00. The van der Waals surface area contributed by atoms with Crippen LogP contribution < -0.4 is 0 Å². The fourth-order valence-electron chi connectivity index (χ4n) is 1.95. The molecule has 0 aliphatic rings. The highest BCUT2D eigenvalue weighted by molar-refractivity contribution is 5.90. The van der Waals surface area contributed by atoms with Crippen molar-refractivity contribution in [2.45, 2.75) is 0 Å². The maximum absolute atomic E-state index is 4.33. The van der Waals surface area contributed by atoms with Gasteiger partial charge in [-0.25, -0.2) is 9.97 Å². The minimum atomic E-state index is 0.794. The van der Waals surface area contributed by atoms with Crippen LogP contribution in [0.1, 0.15) is 0 Å². The van der Waals surface area contributed by atoms with E-state index in [2.05, 4.69) is 20.2 Å². The van der Waals surface area contributed by atoms with Gasteiger partial charge >= 0.3 is 0 Å². The molecule has 4 aromatic rings. The molecule has 0 fully saturated rings. The molecule has 0 unspecified atom stereocenters. The molecule has 0 spiro atoms. The summed E-state index contributed by atoms with van der Waals surface area (Å²) in [5, 5.41) is 9.37. The van der Waals surface area contributed by atoms with E-state index in [1.54, 1.807) is 21.4 Å². The average molecular weight is 210 g/mol. The quantitative estimate of drug-likeness (QED) is 0.433. The first kappa shape index (κ1) is 7.75. The lowest BCUT2D eigenvalue weighted by Gasteiger charge is -2.02. The Balaban J connectivity index is 2.51. The molecule has 6 nitrogen and oxygen atoms in total. The molecule has 0 aromatic carbocycles. The van der Waals surface area contributed by atoms with Crippen LogP contribution in [0.25, 0.3) is 22.3 Å². The minimum Gasteiger partial charge on any atom is -0.236 e. The van der Waals surface area contributed by atoms with Gasteiger partial charge in [-0.2, -0.15) is 19.2 Å². The van der Waals surface area contributed by atoms with Crippen molar-refractivity contribution in [1.29, 1.82) is 0 Å². The molecule has 4 rings (SSSR count). The van der Waals surface area contributed by atoms with Crippen LogP contribution in [-0.4, -0.2) is 29.2 Å². The molecule has 0 N–H and O–H groups in total. The van der Waals surface area contributed by atoms with Gasteiger partial charge in [0, 0.05) is 12.3 Å². The Kier molecular flexibility index (Phi) is 1.23. The molecule has 76 valence electrons. The van der Waals surface area contributed by atoms with Crippen LogP contribution in [0.3, 0.4) is 0 Å². The van der Waals surface area contributed by atoms with E-state index >= 15 is 0 Å². The van der Waals surface area contributed by atoms with Crippen LogP contribution in [0, 0.1) is 0 Å². The molecule has 0 amide bonds. The SMILES string of the molecule is c1cnc2c(c1)c1ncnn1c1ccnn21. The molecule has 0 bridgehead atoms. The Hall–Kier alpha value is -2.50. The molecular formula is C10H6N6. The Morgan fingerprint density at radius 1 is 0.875 bits per heavy atom. The molecule has 6 heteroatoms. The van der Waals surface area contributed by atoms with E-state index in [1.165, 1.54) is 6.33 Å². The Morgan fingerprint density at radius 3 is 2.75 bits per heavy atom. The normalized spacial score (nSPS) is 11.8. The number of nitrogens with zero attached hydrogens (tertiary/aromatic N) is 6. The van der Waals surface area contributed by atoms with Crippen molar-refractivity contribution in [2.75, 3.05) is 0 Å². The Morgan fingerprint density at radius 2 is 1.75 bits per heavy atom. The first-order chi connectivity index (χ1) is 7.95. The topological polar surface area (TPSA) is 60.4 Å². The summed E-state index contributed by atoms with van der Waals surface area (Å²) in [6.45, 7) is 0. The van der Waals surface area contributed by atoms with Gasteiger partial charge in [-0.1, -0.05) is 0 Å². The second kappa shape index (κ2) is 2.54. The Bertz CT molecular complexity index is 743. The predicted molar refractivity (Wildman–Crippen MR) is 57.0 cm³/mol. The molecule has 0 aliphatic heterocycles. The van der Waals surface area contributed by atoms with Gasteiger partial charge < -0.3 is 0 Å². The van der Waals surface area contributed by atoms with Crippen LogP contribution in [0.4, 0.5) is 0 Å². The van der Waals surface area contributed by atoms with E-state index in [9.17, 15) is 0 Å². The van der Waals surface area contributed by atoms with Gasteiger partial charge in [0.15, 0.2) is 16.9 Å². The van der Waals surface area contributed by atoms with E-state index in [4.69, 9.17) is 0 Å². The standard InChI is InChI=1S/C10H6N6/c1-2-7-9(11-4-1)15-8(3-5-13-15)16-10(7)12-6-14-16/h1-6H. The molecule has 0 saturated heterocycles. The van der Waals surface area contributed by atoms with Gasteiger partial charge in [0.05, 0.1) is 11.6 Å². The van der Waals surface area contributed by atoms with E-state index in [0.717, 1.165) is 22.3 Å². The van der Waals surface area contributed by atoms with Gasteiger partial charge in [-0.3, -0.25) is 0 Å². The highest BCUT2D eigenvalue weighted by Gasteiger charge is 2.10. The zero-order valence-corrected chi connectivity index (χ0v) is 8.15. The number of hydrogen-bond acceptors (Lipinski definition) is 4. The number of pyridine rings is 1. The van der Waals surface area contributed by atoms with Gasteiger partial charge in [-0.15, -0.1) is 0 Å². The van der Waals surface area contributed by atoms with E-state index in [-0.39, 0.29) is 0 Å². The van der Waals surface area contributed by atoms with Crippen LogP contribution in [-0.2, 0) is 0 Å². The second-order valence-electron chi connectivity index (χ2n) is 3.47. The van der Waals surface area contributed by atoms with Crippen molar-refractivity contribution < 1.29 is 0 Å². The third kappa shape index (κ3) is 0.773. The largest absolute Gasteiger partial charge is 0.236 e. The lowest BCUT2D eigenvalue weighted by molar-refractivity contribution is 0.904. The highest BCUT2D eigenvalue weighted by atomic mass is 15.4. The summed E-state index contributed by atoms with van der Waals surface area (Å²) in [6.07, 6.45) is 5.01. The number of hydrogen-bond donors (Lipinski definition) is 0. The summed E-state index contributed by atoms with van der Waals surface area (Å²) in [5.41, 5.74) is 2.46. The number of rotatable bonds is 0. The smallest absolute Gasteiger partial charge is 0.168 e. The van der Waals surface area contributed by atoms with Gasteiger partial charge in [0.2, 0.25) is 0 Å². The van der Waals surface area contributed by atoms with Crippen molar-refractivity contribution >= 4 is 22.3 Å². The Labute approximate surface area is 89.2 Å². The zero-order valence-electron chi connectivity index (χ0n) is 8.15. The van der Waals surface area contributed by atoms with Gasteiger partial charge in [0.1, 0.15) is 6.33 Å². The third-order valence-corrected chi connectivity index (χ3v) is 2.62. The van der Waals surface area contributed by atoms with Crippen LogP contribution in [0.2, 0.25) is 0 Å². The summed E-state index contributed by atoms with van der Waals surface area (Å²) in [6, 6.07) is 5.73. The maximum Gasteiger partial charge on any atom is 0.168 e. The van der Waals surface area contributed by atoms with Crippen molar-refractivity contribution in [3.05, 3.63) is 36.9 Å². The van der Waals surface area contributed by atoms with Crippen molar-refractivity contribution in [3.63, 3.8) is 0 Å². The van der Waals surface area contributed by atoms with Crippen molar-refractivity contribution in [3.8, 4) is 0 Å². The number of fused-ring (bicyclic) bond motifs is 6. The van der Waals surface area contributed by atoms with Crippen LogP contribution >= 0.6 is 0 Å². The molecule has 0 atom stereocenters. The molecular weight excluding hydrogens is 204 g/mol.